The number of H-pyrrole nitrogens is 1. The number of methoxy groups -OCH3 is 1. The highest BCUT2D eigenvalue weighted by Gasteiger charge is 2.17. The first-order valence-corrected chi connectivity index (χ1v) is 11.3. The van der Waals surface area contributed by atoms with Gasteiger partial charge < -0.3 is 25.2 Å². The minimum Gasteiger partial charge on any atom is -0.493 e. The van der Waals surface area contributed by atoms with Gasteiger partial charge in [0.05, 0.1) is 42.7 Å². The lowest BCUT2D eigenvalue weighted by atomic mass is 10.2. The van der Waals surface area contributed by atoms with Gasteiger partial charge in [-0.3, -0.25) is 9.89 Å². The number of nitrogens with one attached hydrogen (secondary N) is 3. The third-order valence-corrected chi connectivity index (χ3v) is 5.43. The topological polar surface area (TPSA) is 139 Å². The van der Waals surface area contributed by atoms with Crippen LogP contribution in [0.5, 0.6) is 11.5 Å². The Morgan fingerprint density at radius 2 is 2.09 bits per heavy atom. The number of carbonyl (C=O) groups is 1. The molecule has 184 valence electrons. The number of aliphatic hydroxyl groups excluding tert-OH is 1. The molecule has 0 saturated carbocycles. The second kappa shape index (κ2) is 10.6. The van der Waals surface area contributed by atoms with Gasteiger partial charge in [-0.15, -0.1) is 5.10 Å². The first-order valence-electron chi connectivity index (χ1n) is 10.9. The number of halogens is 1. The van der Waals surface area contributed by atoms with Crippen LogP contribution in [0.25, 0.3) is 22.3 Å². The van der Waals surface area contributed by atoms with Gasteiger partial charge in [0.15, 0.2) is 23.9 Å². The number of benzene rings is 2. The molecule has 11 nitrogen and oxygen atoms in total. The van der Waals surface area contributed by atoms with E-state index in [1.54, 1.807) is 29.1 Å². The number of aliphatic hydroxyl groups is 1. The average molecular weight is 500 g/mol. The number of fused-ring (bicyclic) bond motifs is 1. The van der Waals surface area contributed by atoms with Gasteiger partial charge in [0.25, 0.3) is 5.91 Å². The van der Waals surface area contributed by atoms with E-state index in [0.29, 0.717) is 39.5 Å². The number of rotatable bonds is 10. The Morgan fingerprint density at radius 1 is 1.26 bits per heavy atom. The van der Waals surface area contributed by atoms with Crippen molar-refractivity contribution in [1.29, 1.82) is 0 Å². The predicted molar refractivity (Wildman–Crippen MR) is 132 cm³/mol. The molecule has 2 aromatic carbocycles. The van der Waals surface area contributed by atoms with Crippen LogP contribution in [-0.2, 0) is 11.3 Å². The van der Waals surface area contributed by atoms with Crippen molar-refractivity contribution >= 4 is 40.0 Å². The van der Waals surface area contributed by atoms with Crippen LogP contribution in [0.1, 0.15) is 13.8 Å². The van der Waals surface area contributed by atoms with Gasteiger partial charge >= 0.3 is 0 Å². The van der Waals surface area contributed by atoms with E-state index in [2.05, 4.69) is 30.9 Å². The van der Waals surface area contributed by atoms with Crippen molar-refractivity contribution in [2.24, 2.45) is 0 Å². The van der Waals surface area contributed by atoms with Crippen LogP contribution in [0.15, 0.2) is 36.5 Å². The van der Waals surface area contributed by atoms with Crippen molar-refractivity contribution in [3.63, 3.8) is 0 Å². The zero-order chi connectivity index (χ0) is 24.9. The van der Waals surface area contributed by atoms with Gasteiger partial charge in [-0.05, 0) is 44.2 Å². The molecule has 4 aromatic rings. The molecule has 35 heavy (non-hydrogen) atoms. The molecular weight excluding hydrogens is 474 g/mol. The number of anilines is 2. The summed E-state index contributed by atoms with van der Waals surface area (Å²) in [5.74, 6) is 1.44. The van der Waals surface area contributed by atoms with Crippen LogP contribution in [0.2, 0.25) is 5.02 Å². The van der Waals surface area contributed by atoms with Gasteiger partial charge in [0.2, 0.25) is 5.95 Å². The van der Waals surface area contributed by atoms with Crippen LogP contribution in [0, 0.1) is 0 Å². The third-order valence-electron chi connectivity index (χ3n) is 5.02. The van der Waals surface area contributed by atoms with E-state index in [9.17, 15) is 9.90 Å². The number of nitrogens with zero attached hydrogens (tertiary/aromatic N) is 4. The molecule has 4 N–H and O–H groups in total. The molecule has 0 saturated heterocycles. The summed E-state index contributed by atoms with van der Waals surface area (Å²) in [4.78, 5) is 16.5. The first kappa shape index (κ1) is 24.3. The van der Waals surface area contributed by atoms with Crippen LogP contribution >= 0.6 is 11.6 Å². The molecule has 4 rings (SSSR count). The summed E-state index contributed by atoms with van der Waals surface area (Å²) < 4.78 is 12.6. The molecule has 0 unspecified atom stereocenters. The fraction of sp³-hybridized carbons (Fsp3) is 0.304. The average Bonchev–Trinajstić information content (AvgIpc) is 3.47. The minimum atomic E-state index is -0.224. The maximum absolute atomic E-state index is 11.9. The maximum Gasteiger partial charge on any atom is 0.258 e. The highest BCUT2D eigenvalue weighted by Crippen LogP contribution is 2.34. The van der Waals surface area contributed by atoms with E-state index in [0.717, 1.165) is 10.9 Å². The molecule has 1 amide bonds. The van der Waals surface area contributed by atoms with Crippen molar-refractivity contribution in [1.82, 2.24) is 30.3 Å². The van der Waals surface area contributed by atoms with E-state index in [1.165, 1.54) is 7.11 Å². The molecule has 0 aliphatic carbocycles. The van der Waals surface area contributed by atoms with E-state index < -0.39 is 0 Å². The van der Waals surface area contributed by atoms with E-state index in [-0.39, 0.29) is 31.7 Å². The fourth-order valence-corrected chi connectivity index (χ4v) is 3.70. The Morgan fingerprint density at radius 3 is 2.83 bits per heavy atom. The smallest absolute Gasteiger partial charge is 0.258 e. The van der Waals surface area contributed by atoms with Gasteiger partial charge in [-0.25, -0.2) is 4.68 Å². The second-order valence-corrected chi connectivity index (χ2v) is 8.34. The summed E-state index contributed by atoms with van der Waals surface area (Å²) in [7, 11) is 1.51. The summed E-state index contributed by atoms with van der Waals surface area (Å²) in [5, 5.41) is 28.1. The quantitative estimate of drug-likeness (QED) is 0.261. The molecule has 0 spiro atoms. The number of ether oxygens (including phenoxy) is 2. The molecule has 0 aliphatic rings. The van der Waals surface area contributed by atoms with Gasteiger partial charge in [-0.2, -0.15) is 10.1 Å². The lowest BCUT2D eigenvalue weighted by molar-refractivity contribution is -0.123. The number of hydrogen-bond donors (Lipinski definition) is 4. The van der Waals surface area contributed by atoms with Crippen molar-refractivity contribution in [3.8, 4) is 22.9 Å². The number of carbonyl (C=O) groups excluding carboxylic acids is 1. The lowest BCUT2D eigenvalue weighted by Crippen LogP contribution is -2.34. The summed E-state index contributed by atoms with van der Waals surface area (Å²) in [6.45, 7) is 3.73. The highest BCUT2D eigenvalue weighted by atomic mass is 35.5. The maximum atomic E-state index is 11.9. The normalized spacial score (nSPS) is 11.1. The van der Waals surface area contributed by atoms with Gasteiger partial charge in [0.1, 0.15) is 0 Å². The number of amides is 1. The van der Waals surface area contributed by atoms with E-state index >= 15 is 0 Å². The third kappa shape index (κ3) is 5.47. The number of hydrogen-bond acceptors (Lipinski definition) is 8. The molecule has 12 heteroatoms. The van der Waals surface area contributed by atoms with Crippen LogP contribution < -0.4 is 20.1 Å². The molecule has 0 radical (unpaired) electrons. The van der Waals surface area contributed by atoms with Crippen molar-refractivity contribution < 1.29 is 19.4 Å². The molecule has 0 bridgehead atoms. The SMILES string of the molecule is COc1cc(-c2nc(Nc3ccc4[nH]ncc4c3Cl)n(CCO)n2)ccc1OCC(=O)NC(C)C. The molecule has 0 fully saturated rings. The monoisotopic (exact) mass is 499 g/mol. The fourth-order valence-electron chi connectivity index (χ4n) is 3.44. The van der Waals surface area contributed by atoms with Crippen LogP contribution in [0.4, 0.5) is 11.6 Å². The largest absolute Gasteiger partial charge is 0.493 e. The molecule has 0 atom stereocenters. The van der Waals surface area contributed by atoms with Crippen molar-refractivity contribution in [2.45, 2.75) is 26.4 Å². The van der Waals surface area contributed by atoms with Crippen molar-refractivity contribution in [3.05, 3.63) is 41.6 Å². The zero-order valence-corrected chi connectivity index (χ0v) is 20.3. The van der Waals surface area contributed by atoms with E-state index in [1.807, 2.05) is 26.0 Å². The first-order chi connectivity index (χ1) is 16.9. The predicted octanol–water partition coefficient (Wildman–Crippen LogP) is 3.12. The second-order valence-electron chi connectivity index (χ2n) is 7.97. The summed E-state index contributed by atoms with van der Waals surface area (Å²) in [6, 6.07) is 8.88. The zero-order valence-electron chi connectivity index (χ0n) is 19.5. The van der Waals surface area contributed by atoms with Gasteiger partial charge in [-0.1, -0.05) is 11.6 Å². The lowest BCUT2D eigenvalue weighted by Gasteiger charge is -2.12. The van der Waals surface area contributed by atoms with Gasteiger partial charge in [0, 0.05) is 17.0 Å². The van der Waals surface area contributed by atoms with Crippen LogP contribution in [-0.4, -0.2) is 62.3 Å². The number of aromatic amines is 1. The Bertz CT molecular complexity index is 1330. The molecule has 2 heterocycles. The summed E-state index contributed by atoms with van der Waals surface area (Å²) in [5.41, 5.74) is 2.10. The Hall–Kier alpha value is -3.83. The Balaban J connectivity index is 1.59. The minimum absolute atomic E-state index is 0.0229. The van der Waals surface area contributed by atoms with Crippen LogP contribution in [0.3, 0.4) is 0 Å². The Kier molecular flexibility index (Phi) is 7.37. The van der Waals surface area contributed by atoms with E-state index in [4.69, 9.17) is 21.1 Å². The Labute approximate surface area is 206 Å². The number of aromatic nitrogens is 5. The summed E-state index contributed by atoms with van der Waals surface area (Å²) >= 11 is 6.53. The molecule has 2 aromatic heterocycles. The van der Waals surface area contributed by atoms with Crippen molar-refractivity contribution in [2.75, 3.05) is 25.6 Å². The molecule has 0 aliphatic heterocycles. The molecular formula is C23H26ClN7O4. The standard InChI is InChI=1S/C23H26ClN7O4/c1-13(2)26-20(33)12-35-18-7-4-14(10-19(18)34-3)22-28-23(31(30-22)8-9-32)27-17-6-5-16-15(21(17)24)11-25-29-16/h4-7,10-11,13,32H,8-9,12H2,1-3H3,(H,25,29)(H,26,33)(H,27,28,30). The highest BCUT2D eigenvalue weighted by molar-refractivity contribution is 6.38. The summed E-state index contributed by atoms with van der Waals surface area (Å²) in [6.07, 6.45) is 1.65.